The Morgan fingerprint density at radius 1 is 1.21 bits per heavy atom. The molecule has 0 N–H and O–H groups in total. The zero-order chi connectivity index (χ0) is 20.7. The highest BCUT2D eigenvalue weighted by Gasteiger charge is 2.31. The first-order valence-electron chi connectivity index (χ1n) is 9.98. The van der Waals surface area contributed by atoms with E-state index in [4.69, 9.17) is 4.74 Å². The second-order valence-corrected chi connectivity index (χ2v) is 7.11. The van der Waals surface area contributed by atoms with Gasteiger partial charge in [0.25, 0.3) is 5.91 Å². The van der Waals surface area contributed by atoms with Gasteiger partial charge in [-0.1, -0.05) is 27.7 Å². The Labute approximate surface area is 175 Å². The fourth-order valence-electron chi connectivity index (χ4n) is 2.95. The number of fused-ring (bicyclic) bond motifs is 1. The summed E-state index contributed by atoms with van der Waals surface area (Å²) in [5.41, 5.74) is 1.72. The zero-order valence-electron chi connectivity index (χ0n) is 17.0. The Bertz CT molecular complexity index is 792. The molecule has 4 rings (SSSR count). The van der Waals surface area contributed by atoms with E-state index in [0.29, 0.717) is 31.4 Å². The van der Waals surface area contributed by atoms with Gasteiger partial charge >= 0.3 is 0 Å². The van der Waals surface area contributed by atoms with Gasteiger partial charge in [0.05, 0.1) is 18.8 Å². The average Bonchev–Trinajstić information content (AvgIpc) is 3.57. The van der Waals surface area contributed by atoms with Crippen LogP contribution in [0.3, 0.4) is 0 Å². The van der Waals surface area contributed by atoms with Crippen LogP contribution >= 0.6 is 15.9 Å². The highest BCUT2D eigenvalue weighted by molar-refractivity contribution is 9.10. The van der Waals surface area contributed by atoms with E-state index in [1.165, 1.54) is 6.07 Å². The fraction of sp³-hybridized carbons (Fsp3) is 0.455. The van der Waals surface area contributed by atoms with Crippen LogP contribution in [0.15, 0.2) is 34.9 Å². The minimum absolute atomic E-state index is 0.0361. The Hall–Kier alpha value is -1.95. The molecule has 1 aliphatic carbocycles. The van der Waals surface area contributed by atoms with Gasteiger partial charge in [-0.05, 0) is 64.5 Å². The third-order valence-electron chi connectivity index (χ3n) is 4.39. The normalized spacial score (nSPS) is 15.2. The molecular formula is C22H28BrFN2O2. The van der Waals surface area contributed by atoms with Crippen LogP contribution < -0.4 is 4.74 Å². The predicted molar refractivity (Wildman–Crippen MR) is 113 cm³/mol. The molecule has 2 heterocycles. The molecule has 4 nitrogen and oxygen atoms in total. The van der Waals surface area contributed by atoms with Crippen molar-refractivity contribution < 1.29 is 13.9 Å². The molecule has 1 aliphatic heterocycles. The first kappa shape index (κ1) is 22.3. The molecule has 1 fully saturated rings. The lowest BCUT2D eigenvalue weighted by Crippen LogP contribution is -2.32. The Morgan fingerprint density at radius 2 is 1.93 bits per heavy atom. The van der Waals surface area contributed by atoms with Gasteiger partial charge in [0, 0.05) is 10.7 Å². The largest absolute Gasteiger partial charge is 0.491 e. The summed E-state index contributed by atoms with van der Waals surface area (Å²) in [6.45, 7) is 9.09. The molecule has 2 aliphatic rings. The highest BCUT2D eigenvalue weighted by Crippen LogP contribution is 2.42. The molecule has 1 amide bonds. The van der Waals surface area contributed by atoms with Crippen LogP contribution in [0.2, 0.25) is 0 Å². The van der Waals surface area contributed by atoms with Crippen LogP contribution in [-0.2, 0) is 6.54 Å². The molecule has 0 atom stereocenters. The zero-order valence-corrected chi connectivity index (χ0v) is 18.6. The van der Waals surface area contributed by atoms with E-state index in [1.54, 1.807) is 11.1 Å². The fourth-order valence-corrected chi connectivity index (χ4v) is 3.18. The van der Waals surface area contributed by atoms with Crippen molar-refractivity contribution in [2.75, 3.05) is 13.2 Å². The Kier molecular flexibility index (Phi) is 8.42. The smallest absolute Gasteiger partial charge is 0.261 e. The number of amides is 1. The molecule has 0 saturated heterocycles. The number of nitrogens with zero attached hydrogens (tertiary/aromatic N) is 2. The number of halogens is 2. The molecule has 152 valence electrons. The van der Waals surface area contributed by atoms with Crippen LogP contribution in [-0.4, -0.2) is 28.9 Å². The molecule has 0 spiro atoms. The molecule has 1 aromatic carbocycles. The van der Waals surface area contributed by atoms with E-state index in [0.717, 1.165) is 28.6 Å². The van der Waals surface area contributed by atoms with Crippen LogP contribution in [0.5, 0.6) is 5.75 Å². The summed E-state index contributed by atoms with van der Waals surface area (Å²) >= 11 is 3.34. The van der Waals surface area contributed by atoms with Gasteiger partial charge < -0.3 is 9.64 Å². The maximum atomic E-state index is 14.6. The minimum Gasteiger partial charge on any atom is -0.491 e. The first-order valence-corrected chi connectivity index (χ1v) is 10.8. The number of carbonyl (C=O) groups excluding carboxylic acids is 1. The average molecular weight is 451 g/mol. The summed E-state index contributed by atoms with van der Waals surface area (Å²) in [6, 6.07) is 7.03. The van der Waals surface area contributed by atoms with Crippen LogP contribution in [0.25, 0.3) is 0 Å². The second-order valence-electron chi connectivity index (χ2n) is 6.19. The van der Waals surface area contributed by atoms with Crippen LogP contribution in [0.4, 0.5) is 4.39 Å². The predicted octanol–water partition coefficient (Wildman–Crippen LogP) is 5.95. The molecular weight excluding hydrogens is 423 g/mol. The summed E-state index contributed by atoms with van der Waals surface area (Å²) in [6.07, 6.45) is 3.84. The maximum Gasteiger partial charge on any atom is 0.261 e. The molecule has 28 heavy (non-hydrogen) atoms. The van der Waals surface area contributed by atoms with Crippen LogP contribution in [0.1, 0.15) is 68.1 Å². The number of hydrogen-bond acceptors (Lipinski definition) is 3. The number of ether oxygens (including phenoxy) is 1. The number of rotatable bonds is 3. The van der Waals surface area contributed by atoms with E-state index >= 15 is 0 Å². The van der Waals surface area contributed by atoms with E-state index in [2.05, 4.69) is 20.9 Å². The van der Waals surface area contributed by atoms with E-state index in [9.17, 15) is 9.18 Å². The summed E-state index contributed by atoms with van der Waals surface area (Å²) < 4.78 is 21.1. The molecule has 0 radical (unpaired) electrons. The van der Waals surface area contributed by atoms with Crippen molar-refractivity contribution in [3.05, 3.63) is 57.6 Å². The number of pyridine rings is 1. The third-order valence-corrected chi connectivity index (χ3v) is 4.86. The quantitative estimate of drug-likeness (QED) is 0.580. The van der Waals surface area contributed by atoms with E-state index in [1.807, 2.05) is 45.9 Å². The Balaban J connectivity index is 0.000000660. The molecule has 2 aromatic rings. The van der Waals surface area contributed by atoms with Gasteiger partial charge in [0.15, 0.2) is 0 Å². The summed E-state index contributed by atoms with van der Waals surface area (Å²) in [5.74, 6) is -0.0508. The summed E-state index contributed by atoms with van der Waals surface area (Å²) in [5, 5.41) is 0. The Morgan fingerprint density at radius 3 is 2.54 bits per heavy atom. The van der Waals surface area contributed by atoms with Crippen LogP contribution in [0, 0.1) is 5.82 Å². The SMILES string of the molecule is CC.CC.O=C1c2c(F)cc(C3CC3)cc2OCCN1Cc1ccc(Br)cn1. The number of benzene rings is 1. The van der Waals surface area contributed by atoms with Crippen molar-refractivity contribution in [1.82, 2.24) is 9.88 Å². The molecule has 0 bridgehead atoms. The third kappa shape index (κ3) is 5.31. The van der Waals surface area contributed by atoms with E-state index < -0.39 is 5.82 Å². The molecule has 6 heteroatoms. The lowest BCUT2D eigenvalue weighted by atomic mass is 10.0. The molecule has 1 saturated carbocycles. The van der Waals surface area contributed by atoms with Gasteiger partial charge in [-0.3, -0.25) is 9.78 Å². The maximum absolute atomic E-state index is 14.6. The van der Waals surface area contributed by atoms with Crippen molar-refractivity contribution >= 4 is 21.8 Å². The lowest BCUT2D eigenvalue weighted by Gasteiger charge is -2.19. The van der Waals surface area contributed by atoms with Gasteiger partial charge in [-0.2, -0.15) is 0 Å². The monoisotopic (exact) mass is 450 g/mol. The standard InChI is InChI=1S/C18H16BrFN2O2.2C2H6/c19-13-3-4-14(21-9-13)10-22-5-6-24-16-8-12(11-1-2-11)7-15(20)17(16)18(22)23;2*1-2/h3-4,7-9,11H,1-2,5-6,10H2;2*1-2H3. The minimum atomic E-state index is -0.491. The van der Waals surface area contributed by atoms with Gasteiger partial charge in [-0.25, -0.2) is 4.39 Å². The van der Waals surface area contributed by atoms with Crippen molar-refractivity contribution in [3.63, 3.8) is 0 Å². The van der Waals surface area contributed by atoms with Gasteiger partial charge in [0.1, 0.15) is 23.7 Å². The van der Waals surface area contributed by atoms with E-state index in [-0.39, 0.29) is 11.5 Å². The van der Waals surface area contributed by atoms with Crippen molar-refractivity contribution in [2.24, 2.45) is 0 Å². The van der Waals surface area contributed by atoms with Crippen molar-refractivity contribution in [2.45, 2.75) is 53.0 Å². The molecule has 1 aromatic heterocycles. The number of hydrogen-bond donors (Lipinski definition) is 0. The second kappa shape index (κ2) is 10.6. The number of carbonyl (C=O) groups is 1. The topological polar surface area (TPSA) is 42.4 Å². The van der Waals surface area contributed by atoms with Gasteiger partial charge in [0.2, 0.25) is 0 Å². The van der Waals surface area contributed by atoms with Crippen molar-refractivity contribution in [3.8, 4) is 5.75 Å². The van der Waals surface area contributed by atoms with Crippen molar-refractivity contribution in [1.29, 1.82) is 0 Å². The first-order chi connectivity index (χ1) is 13.6. The summed E-state index contributed by atoms with van der Waals surface area (Å²) in [7, 11) is 0. The highest BCUT2D eigenvalue weighted by atomic mass is 79.9. The number of aromatic nitrogens is 1. The van der Waals surface area contributed by atoms with Gasteiger partial charge in [-0.15, -0.1) is 0 Å². The molecule has 0 unspecified atom stereocenters. The lowest BCUT2D eigenvalue weighted by molar-refractivity contribution is 0.0737. The summed E-state index contributed by atoms with van der Waals surface area (Å²) in [4.78, 5) is 18.7.